The van der Waals surface area contributed by atoms with E-state index in [9.17, 15) is 8.42 Å². The van der Waals surface area contributed by atoms with Crippen LogP contribution in [0.3, 0.4) is 0 Å². The second kappa shape index (κ2) is 7.42. The number of likely N-dealkylation sites (tertiary alicyclic amines) is 1. The summed E-state index contributed by atoms with van der Waals surface area (Å²) in [6.45, 7) is 9.51. The first-order valence-corrected chi connectivity index (χ1v) is 11.0. The van der Waals surface area contributed by atoms with Gasteiger partial charge in [-0.2, -0.15) is 4.37 Å². The van der Waals surface area contributed by atoms with Crippen LogP contribution in [0.5, 0.6) is 5.75 Å². The highest BCUT2D eigenvalue weighted by molar-refractivity contribution is 7.93. The van der Waals surface area contributed by atoms with Crippen molar-refractivity contribution in [2.45, 2.75) is 36.2 Å². The number of hydrogen-bond donors (Lipinski definition) is 1. The third-order valence-corrected chi connectivity index (χ3v) is 7.05. The molecule has 2 aliphatic rings. The van der Waals surface area contributed by atoms with Gasteiger partial charge in [-0.15, -0.1) is 0 Å². The fourth-order valence-electron chi connectivity index (χ4n) is 3.62. The van der Waals surface area contributed by atoms with Gasteiger partial charge in [0.1, 0.15) is 12.1 Å². The van der Waals surface area contributed by atoms with E-state index in [0.29, 0.717) is 12.4 Å². The van der Waals surface area contributed by atoms with E-state index in [2.05, 4.69) is 23.8 Å². The highest BCUT2D eigenvalue weighted by atomic mass is 32.2. The molecule has 27 heavy (non-hydrogen) atoms. The van der Waals surface area contributed by atoms with Crippen molar-refractivity contribution >= 4 is 26.7 Å². The van der Waals surface area contributed by atoms with E-state index in [1.807, 2.05) is 6.07 Å². The molecule has 0 spiro atoms. The van der Waals surface area contributed by atoms with E-state index in [1.165, 1.54) is 6.33 Å². The van der Waals surface area contributed by atoms with Gasteiger partial charge in [-0.25, -0.2) is 20.0 Å². The maximum Gasteiger partial charge on any atom is 0.263 e. The summed E-state index contributed by atoms with van der Waals surface area (Å²) in [5.74, 6) is 0.610. The van der Waals surface area contributed by atoms with Crippen LogP contribution in [0.2, 0.25) is 0 Å². The van der Waals surface area contributed by atoms with E-state index in [4.69, 9.17) is 11.3 Å². The van der Waals surface area contributed by atoms with Crippen molar-refractivity contribution < 1.29 is 13.2 Å². The molecule has 0 aliphatic carbocycles. The van der Waals surface area contributed by atoms with Gasteiger partial charge in [0.25, 0.3) is 10.0 Å². The van der Waals surface area contributed by atoms with Crippen molar-refractivity contribution in [2.75, 3.05) is 24.4 Å². The Morgan fingerprint density at radius 3 is 2.81 bits per heavy atom. The third kappa shape index (κ3) is 3.76. The highest BCUT2D eigenvalue weighted by Gasteiger charge is 2.32. The van der Waals surface area contributed by atoms with Crippen LogP contribution >= 0.6 is 11.5 Å². The number of piperidine rings is 1. The molecule has 0 amide bonds. The van der Waals surface area contributed by atoms with Crippen LogP contribution in [0, 0.1) is 6.57 Å². The summed E-state index contributed by atoms with van der Waals surface area (Å²) < 4.78 is 37.1. The molecule has 1 fully saturated rings. The Balaban J connectivity index is 1.56. The second-order valence-electron chi connectivity index (χ2n) is 6.60. The fourth-order valence-corrected chi connectivity index (χ4v) is 5.29. The molecule has 1 saturated heterocycles. The smallest absolute Gasteiger partial charge is 0.263 e. The zero-order valence-corrected chi connectivity index (χ0v) is 16.2. The molecule has 4 rings (SSSR count). The summed E-state index contributed by atoms with van der Waals surface area (Å²) in [5, 5.41) is 0.231. The van der Waals surface area contributed by atoms with Crippen LogP contribution in [-0.4, -0.2) is 48.4 Å². The lowest BCUT2D eigenvalue weighted by Crippen LogP contribution is -2.39. The molecular weight excluding hydrogens is 386 g/mol. The predicted octanol–water partition coefficient (Wildman–Crippen LogP) is 2.55. The lowest BCUT2D eigenvalue weighted by molar-refractivity contribution is 0.117. The van der Waals surface area contributed by atoms with Gasteiger partial charge < -0.3 is 9.58 Å². The molecule has 8 nitrogen and oxygen atoms in total. The zero-order valence-electron chi connectivity index (χ0n) is 14.5. The molecule has 2 aliphatic heterocycles. The Bertz CT molecular complexity index is 947. The van der Waals surface area contributed by atoms with Gasteiger partial charge in [0.05, 0.1) is 11.5 Å². The summed E-state index contributed by atoms with van der Waals surface area (Å²) in [7, 11) is -3.74. The van der Waals surface area contributed by atoms with Gasteiger partial charge in [-0.3, -0.25) is 9.62 Å². The molecule has 0 saturated carbocycles. The van der Waals surface area contributed by atoms with E-state index >= 15 is 0 Å². The number of nitrogens with zero attached hydrogens (tertiary/aromatic N) is 4. The molecule has 1 N–H and O–H groups in total. The number of benzene rings is 1. The number of anilines is 1. The molecule has 0 radical (unpaired) electrons. The Kier molecular flexibility index (Phi) is 4.99. The van der Waals surface area contributed by atoms with Gasteiger partial charge in [-0.05, 0) is 6.07 Å². The minimum absolute atomic E-state index is 0.125. The first-order chi connectivity index (χ1) is 13.1. The van der Waals surface area contributed by atoms with E-state index in [1.54, 1.807) is 12.1 Å². The number of fused-ring (bicyclic) bond motifs is 1. The average molecular weight is 406 g/mol. The first-order valence-electron chi connectivity index (χ1n) is 8.73. The Labute approximate surface area is 162 Å². The third-order valence-electron chi connectivity index (χ3n) is 5.01. The minimum atomic E-state index is -3.74. The Morgan fingerprint density at radius 1 is 1.30 bits per heavy atom. The second-order valence-corrected chi connectivity index (χ2v) is 9.06. The van der Waals surface area contributed by atoms with Gasteiger partial charge in [0, 0.05) is 61.6 Å². The largest absolute Gasteiger partial charge is 0.493 e. The topological polar surface area (TPSA) is 88.8 Å². The summed E-state index contributed by atoms with van der Waals surface area (Å²) in [6.07, 6.45) is 3.94. The monoisotopic (exact) mass is 405 g/mol. The summed E-state index contributed by atoms with van der Waals surface area (Å²) >= 11 is 0.984. The number of sulfonamides is 1. The van der Waals surface area contributed by atoms with E-state index < -0.39 is 10.0 Å². The van der Waals surface area contributed by atoms with Crippen molar-refractivity contribution in [3.8, 4) is 5.75 Å². The number of aromatic nitrogens is 2. The molecule has 1 aromatic heterocycles. The van der Waals surface area contributed by atoms with Crippen molar-refractivity contribution in [3.05, 3.63) is 41.5 Å². The van der Waals surface area contributed by atoms with Crippen LogP contribution < -0.4 is 9.46 Å². The molecule has 10 heteroatoms. The number of rotatable bonds is 4. The molecule has 1 atom stereocenters. The fraction of sp³-hybridized carbons (Fsp3) is 0.471. The van der Waals surface area contributed by atoms with Gasteiger partial charge in [0.2, 0.25) is 11.2 Å². The lowest BCUT2D eigenvalue weighted by atomic mass is 9.95. The van der Waals surface area contributed by atoms with Crippen molar-refractivity contribution in [3.63, 3.8) is 0 Å². The molecule has 2 aromatic rings. The van der Waals surface area contributed by atoms with Gasteiger partial charge in [-0.1, -0.05) is 6.07 Å². The van der Waals surface area contributed by atoms with Gasteiger partial charge in [0.15, 0.2) is 0 Å². The van der Waals surface area contributed by atoms with Gasteiger partial charge >= 0.3 is 0 Å². The zero-order chi connectivity index (χ0) is 18.9. The Morgan fingerprint density at radius 2 is 2.11 bits per heavy atom. The molecule has 0 bridgehead atoms. The summed E-state index contributed by atoms with van der Waals surface area (Å²) in [6, 6.07) is 5.36. The summed E-state index contributed by atoms with van der Waals surface area (Å²) in [5.41, 5.74) is 1.01. The Hall–Kier alpha value is -2.22. The number of nitrogens with one attached hydrogen (secondary N) is 1. The lowest BCUT2D eigenvalue weighted by Gasteiger charge is -2.38. The van der Waals surface area contributed by atoms with Crippen molar-refractivity contribution in [2.24, 2.45) is 0 Å². The minimum Gasteiger partial charge on any atom is -0.493 e. The maximum atomic E-state index is 12.6. The SMILES string of the molecule is [C-]#[N+]C1CCN([C@H]2CCOc3cc(S(=O)(=O)Nc4ncns4)ccc32)CC1. The molecule has 3 heterocycles. The summed E-state index contributed by atoms with van der Waals surface area (Å²) in [4.78, 5) is 10.0. The normalized spacial score (nSPS) is 21.1. The molecule has 1 aromatic carbocycles. The average Bonchev–Trinajstić information content (AvgIpc) is 3.19. The quantitative estimate of drug-likeness (QED) is 0.787. The van der Waals surface area contributed by atoms with Crippen LogP contribution in [0.1, 0.15) is 30.9 Å². The van der Waals surface area contributed by atoms with Crippen LogP contribution in [-0.2, 0) is 10.0 Å². The molecule has 0 unspecified atom stereocenters. The van der Waals surface area contributed by atoms with Crippen LogP contribution in [0.15, 0.2) is 29.4 Å². The standard InChI is InChI=1S/C17H19N5O3S2/c1-18-12-4-7-22(8-5-12)15-6-9-25-16-10-13(2-3-14(15)16)27(23,24)21-17-19-11-20-26-17/h2-3,10-12,15H,4-9H2,(H,19,20,21)/t15-/m0/s1. The van der Waals surface area contributed by atoms with Crippen molar-refractivity contribution in [1.82, 2.24) is 14.3 Å². The van der Waals surface area contributed by atoms with Crippen LogP contribution in [0.4, 0.5) is 5.13 Å². The highest BCUT2D eigenvalue weighted by Crippen LogP contribution is 2.38. The predicted molar refractivity (Wildman–Crippen MR) is 101 cm³/mol. The van der Waals surface area contributed by atoms with Crippen LogP contribution in [0.25, 0.3) is 4.85 Å². The number of hydrogen-bond acceptors (Lipinski definition) is 7. The van der Waals surface area contributed by atoms with E-state index in [0.717, 1.165) is 49.4 Å². The maximum absolute atomic E-state index is 12.6. The molecule has 142 valence electrons. The van der Waals surface area contributed by atoms with Crippen molar-refractivity contribution in [1.29, 1.82) is 0 Å². The first kappa shape index (κ1) is 18.2. The van der Waals surface area contributed by atoms with E-state index in [-0.39, 0.29) is 22.1 Å². The molecular formula is C17H19N5O3S2. The number of ether oxygens (including phenoxy) is 1.